The first-order chi connectivity index (χ1) is 51.8. The number of hydrogen-bond acceptors (Lipinski definition) is 21. The molecule has 0 saturated carbocycles. The largest absolute Gasteiger partial charge is 0.508 e. The van der Waals surface area contributed by atoms with Crippen LogP contribution in [0.3, 0.4) is 0 Å². The van der Waals surface area contributed by atoms with Crippen molar-refractivity contribution in [1.82, 2.24) is 62.4 Å². The molecule has 2 aliphatic heterocycles. The molecule has 5 heterocycles. The summed E-state index contributed by atoms with van der Waals surface area (Å²) in [7, 11) is 0. The van der Waals surface area contributed by atoms with Crippen LogP contribution in [0.2, 0.25) is 0 Å². The van der Waals surface area contributed by atoms with E-state index < -0.39 is 156 Å². The van der Waals surface area contributed by atoms with Crippen molar-refractivity contribution in [2.45, 2.75) is 158 Å². The maximum Gasteiger partial charge on any atom is 0.355 e. The highest BCUT2D eigenvalue weighted by atomic mass is 32.1. The van der Waals surface area contributed by atoms with E-state index >= 15 is 4.79 Å². The minimum Gasteiger partial charge on any atom is -0.508 e. The van der Waals surface area contributed by atoms with E-state index in [1.54, 1.807) is 80.7 Å². The highest BCUT2D eigenvalue weighted by molar-refractivity contribution is 7.80. The number of aromatic amines is 1. The van der Waals surface area contributed by atoms with Crippen molar-refractivity contribution in [3.8, 4) is 17.1 Å². The number of nitrogens with two attached hydrogens (primary N) is 2. The molecule has 33 heteroatoms. The molecule has 0 unspecified atom stereocenters. The third-order valence-corrected chi connectivity index (χ3v) is 19.4. The van der Waals surface area contributed by atoms with Crippen molar-refractivity contribution < 1.29 is 77.2 Å². The lowest BCUT2D eigenvalue weighted by Crippen LogP contribution is -2.61. The fourth-order valence-corrected chi connectivity index (χ4v) is 13.3. The van der Waals surface area contributed by atoms with Crippen molar-refractivity contribution in [2.24, 2.45) is 11.5 Å². The number of thiol groups is 2. The van der Waals surface area contributed by atoms with Crippen LogP contribution in [0.15, 0.2) is 126 Å². The van der Waals surface area contributed by atoms with Crippen molar-refractivity contribution in [2.75, 3.05) is 24.6 Å². The zero-order valence-electron chi connectivity index (χ0n) is 59.5. The molecular weight excluding hydrogens is 1430 g/mol. The first-order valence-electron chi connectivity index (χ1n) is 35.3. The first kappa shape index (κ1) is 80.9. The van der Waals surface area contributed by atoms with Crippen molar-refractivity contribution in [3.63, 3.8) is 0 Å². The van der Waals surface area contributed by atoms with Crippen LogP contribution < -0.4 is 64.9 Å². The number of pyridine rings is 2. The molecule has 0 fully saturated rings. The summed E-state index contributed by atoms with van der Waals surface area (Å²) < 4.78 is 12.8. The number of rotatable bonds is 37. The maximum atomic E-state index is 15.0. The van der Waals surface area contributed by atoms with Gasteiger partial charge in [-0.15, -0.1) is 0 Å². The zero-order valence-corrected chi connectivity index (χ0v) is 61.3. The number of esters is 2. The monoisotopic (exact) mass is 1520 g/mol. The summed E-state index contributed by atoms with van der Waals surface area (Å²) in [4.78, 5) is 189. The molecule has 0 aliphatic carbocycles. The number of aliphatic hydroxyl groups is 1. The van der Waals surface area contributed by atoms with Crippen LogP contribution >= 0.6 is 25.3 Å². The zero-order chi connectivity index (χ0) is 77.9. The smallest absolute Gasteiger partial charge is 0.355 e. The van der Waals surface area contributed by atoms with Crippen LogP contribution in [0.5, 0.6) is 5.75 Å². The number of ether oxygens (including phenoxy) is 2. The molecule has 16 N–H and O–H groups in total. The SMILES string of the molecule is CC[C@H](NC(=O)[C@H](CCCCN)NC(=O)[C@@H](Cc1c[nH]c2ccccc12)NC(=O)[C@H](Cc1ccc(O)cc1)NC(=O)[C@H](CS)NC(=O)[C@@H](Cc1ccccc1)NC(=O)CCC(=O)NCC(=O)O[C@]1(CC)C(=O)OCc2c1cc1n(c2=O)Cc2cc3ccccc3nc2-1)C(=O)N[C@@H](CS)C(=O)N[C@H](C(N)=O)[C@@H](C)O. The molecule has 108 heavy (non-hydrogen) atoms. The molecular formula is C75H88N14O17S2. The highest BCUT2D eigenvalue weighted by Gasteiger charge is 2.51. The predicted octanol–water partition coefficient (Wildman–Crippen LogP) is 0.585. The van der Waals surface area contributed by atoms with E-state index in [0.29, 0.717) is 57.3 Å². The first-order valence-corrected chi connectivity index (χ1v) is 36.5. The van der Waals surface area contributed by atoms with E-state index in [9.17, 15) is 67.7 Å². The van der Waals surface area contributed by atoms with Gasteiger partial charge in [-0.1, -0.05) is 92.7 Å². The number of primary amides is 1. The summed E-state index contributed by atoms with van der Waals surface area (Å²) >= 11 is 8.58. The number of aromatic nitrogens is 3. The van der Waals surface area contributed by atoms with Crippen LogP contribution in [0, 0.1) is 0 Å². The summed E-state index contributed by atoms with van der Waals surface area (Å²) in [5.74, 6) is -11.6. The number of H-pyrrole nitrogens is 1. The normalized spacial score (nSPS) is 15.9. The van der Waals surface area contributed by atoms with E-state index in [1.165, 1.54) is 35.8 Å². The van der Waals surface area contributed by atoms with Crippen molar-refractivity contribution >= 4 is 118 Å². The van der Waals surface area contributed by atoms with E-state index in [0.717, 1.165) is 10.9 Å². The number of aromatic hydroxyl groups is 1. The molecule has 572 valence electrons. The summed E-state index contributed by atoms with van der Waals surface area (Å²) in [5, 5.41) is 45.1. The molecule has 7 aromatic rings. The Morgan fingerprint density at radius 2 is 1.21 bits per heavy atom. The topological polar surface area (TPSA) is 475 Å². The van der Waals surface area contributed by atoms with E-state index in [1.807, 2.05) is 30.3 Å². The van der Waals surface area contributed by atoms with E-state index in [-0.39, 0.29) is 86.6 Å². The average molecular weight is 1520 g/mol. The Kier molecular flexibility index (Phi) is 28.0. The average Bonchev–Trinajstić information content (AvgIpc) is 1.51. The number of carbonyl (C=O) groups is 12. The van der Waals surface area contributed by atoms with Crippen LogP contribution in [0.25, 0.3) is 33.2 Å². The van der Waals surface area contributed by atoms with Gasteiger partial charge in [0.2, 0.25) is 64.7 Å². The Bertz CT molecular complexity index is 4580. The number of nitrogens with one attached hydrogen (secondary N) is 10. The number of benzene rings is 4. The van der Waals surface area contributed by atoms with Crippen molar-refractivity contribution in [1.29, 1.82) is 0 Å². The van der Waals surface area contributed by atoms with Crippen LogP contribution in [0.1, 0.15) is 99.1 Å². The number of fused-ring (bicyclic) bond motifs is 6. The van der Waals surface area contributed by atoms with Gasteiger partial charge in [-0.25, -0.2) is 9.78 Å². The van der Waals surface area contributed by atoms with Gasteiger partial charge in [-0.3, -0.25) is 57.5 Å². The summed E-state index contributed by atoms with van der Waals surface area (Å²) in [5.41, 5.74) is 13.6. The molecule has 2 aliphatic rings. The number of unbranched alkanes of at least 4 members (excludes halogenated alkanes) is 1. The van der Waals surface area contributed by atoms with E-state index in [2.05, 4.69) is 78.1 Å². The molecule has 0 saturated heterocycles. The van der Waals surface area contributed by atoms with Crippen LogP contribution in [-0.2, 0) is 105 Å². The van der Waals surface area contributed by atoms with Gasteiger partial charge in [-0.05, 0) is 98.7 Å². The number of amides is 10. The molecule has 10 amide bonds. The second kappa shape index (κ2) is 37.4. The number of cyclic esters (lactones) is 1. The lowest BCUT2D eigenvalue weighted by atomic mass is 9.85. The second-order valence-corrected chi connectivity index (χ2v) is 27.0. The molecule has 31 nitrogen and oxygen atoms in total. The Morgan fingerprint density at radius 3 is 1.85 bits per heavy atom. The van der Waals surface area contributed by atoms with Gasteiger partial charge in [0.25, 0.3) is 5.56 Å². The number of para-hydroxylation sites is 2. The number of phenols is 1. The Hall–Kier alpha value is -11.2. The van der Waals surface area contributed by atoms with Crippen molar-refractivity contribution in [3.05, 3.63) is 165 Å². The molecule has 0 spiro atoms. The summed E-state index contributed by atoms with van der Waals surface area (Å²) in [6.45, 7) is 3.68. The summed E-state index contributed by atoms with van der Waals surface area (Å²) in [6, 6.07) is 20.9. The van der Waals surface area contributed by atoms with Gasteiger partial charge in [0.05, 0.1) is 35.1 Å². The van der Waals surface area contributed by atoms with Gasteiger partial charge in [-0.2, -0.15) is 25.3 Å². The molecule has 0 radical (unpaired) electrons. The van der Waals surface area contributed by atoms with Crippen LogP contribution in [0.4, 0.5) is 0 Å². The Balaban J connectivity index is 0.870. The lowest BCUT2D eigenvalue weighted by molar-refractivity contribution is -0.189. The second-order valence-electron chi connectivity index (χ2n) is 26.3. The lowest BCUT2D eigenvalue weighted by Gasteiger charge is -2.35. The number of phenolic OH excluding ortho intramolecular Hbond substituents is 1. The third kappa shape index (κ3) is 20.1. The van der Waals surface area contributed by atoms with Gasteiger partial charge in [0, 0.05) is 77.2 Å². The van der Waals surface area contributed by atoms with E-state index in [4.69, 9.17) is 25.9 Å². The molecule has 9 rings (SSSR count). The predicted molar refractivity (Wildman–Crippen MR) is 402 cm³/mol. The number of carbonyl (C=O) groups excluding carboxylic acids is 12. The Labute approximate surface area is 631 Å². The maximum absolute atomic E-state index is 15.0. The van der Waals surface area contributed by atoms with Gasteiger partial charge < -0.3 is 88.6 Å². The summed E-state index contributed by atoms with van der Waals surface area (Å²) in [6.07, 6.45) is -0.829. The molecule has 3 aromatic heterocycles. The third-order valence-electron chi connectivity index (χ3n) is 18.7. The van der Waals surface area contributed by atoms with Crippen LogP contribution in [-0.4, -0.2) is 175 Å². The number of aliphatic hydroxyl groups excluding tert-OH is 1. The minimum atomic E-state index is -2.07. The molecule has 10 atom stereocenters. The fraction of sp³-hybridized carbons (Fsp3) is 0.387. The quantitative estimate of drug-likeness (QED) is 0.0144. The fourth-order valence-electron chi connectivity index (χ4n) is 12.8. The van der Waals surface area contributed by atoms with Gasteiger partial charge in [0.15, 0.2) is 0 Å². The standard InChI is InChI=1S/C75H88N14O17S2/c1-4-50(66(96)86-58(39-108)72(102)88-63(40(3)90)65(77)95)82-67(97)53(21-13-14-28-76)83-70(100)56(32-44-34-78-52-20-12-10-18-47(44)52)85-69(99)55(30-42-22-24-46(91)25-23-42)84-71(101)57(38-107)87-68(98)54(29-41-15-7-6-8-16-41)80-61(93)27-26-60(92)79-35-62(94)106-75(5-2)49-33-59-64-45(31-43-17-9-11-19-51(43)81-64)36-89(59)73(103)48(49)37-105-74(75)104/h6-12,15-20,22-25,31,33-34,40,50,53-58,63,78,90-91,107-108H,4-5,13-14,21,26-30,32,35-39,76H2,1-3H3,(H2,77,95)(H,79,92)(H,80,93)(H,82,97)(H,83,100)(H,84,101)(H,85,99)(H,86,96)(H,87,98)(H,88,102)/t40-,50+,53+,54-,55+,56-,57+,58+,63+,75+/m1/s1. The highest BCUT2D eigenvalue weighted by Crippen LogP contribution is 2.41. The Morgan fingerprint density at radius 1 is 0.657 bits per heavy atom. The van der Waals surface area contributed by atoms with Gasteiger partial charge in [0.1, 0.15) is 67.2 Å². The number of hydrogen-bond donors (Lipinski definition) is 16. The molecule has 0 bridgehead atoms. The molecule has 4 aromatic carbocycles. The minimum absolute atomic E-state index is 0.0133. The van der Waals surface area contributed by atoms with Gasteiger partial charge >= 0.3 is 11.9 Å². The number of nitrogens with zero attached hydrogens (tertiary/aromatic N) is 2.